The van der Waals surface area contributed by atoms with E-state index in [-0.39, 0.29) is 24.2 Å². The average molecular weight is 269 g/mol. The number of thiophene rings is 1. The molecule has 0 unspecified atom stereocenters. The van der Waals surface area contributed by atoms with Crippen molar-refractivity contribution < 1.29 is 9.53 Å². The van der Waals surface area contributed by atoms with Gasteiger partial charge in [-0.1, -0.05) is 6.07 Å². The lowest BCUT2D eigenvalue weighted by Crippen LogP contribution is -2.40. The van der Waals surface area contributed by atoms with Crippen LogP contribution in [0.15, 0.2) is 17.5 Å². The summed E-state index contributed by atoms with van der Waals surface area (Å²) in [5.41, 5.74) is -0.277. The lowest BCUT2D eigenvalue weighted by atomic mass is 10.2. The van der Waals surface area contributed by atoms with Gasteiger partial charge >= 0.3 is 0 Å². The molecule has 3 nitrogen and oxygen atoms in total. The summed E-state index contributed by atoms with van der Waals surface area (Å²) >= 11 is 1.67. The van der Waals surface area contributed by atoms with Gasteiger partial charge in [-0.2, -0.15) is 0 Å². The number of nitrogens with zero attached hydrogens (tertiary/aromatic N) is 1. The Morgan fingerprint density at radius 1 is 1.44 bits per heavy atom. The first-order chi connectivity index (χ1) is 8.29. The second kappa shape index (κ2) is 6.34. The van der Waals surface area contributed by atoms with Gasteiger partial charge in [0.2, 0.25) is 5.91 Å². The fourth-order valence-electron chi connectivity index (χ4n) is 1.49. The standard InChI is InChI=1S/C14H23NO2S/c1-11(2)15(9-12-7-6-8-18-12)13(16)10-17-14(3,4)5/h6-8,11H,9-10H2,1-5H3. The molecule has 0 atom stereocenters. The van der Waals surface area contributed by atoms with Crippen LogP contribution in [-0.4, -0.2) is 29.1 Å². The SMILES string of the molecule is CC(C)N(Cc1cccs1)C(=O)COC(C)(C)C. The van der Waals surface area contributed by atoms with Crippen LogP contribution in [0.1, 0.15) is 39.5 Å². The van der Waals surface area contributed by atoms with Crippen molar-refractivity contribution in [2.45, 2.75) is 52.8 Å². The summed E-state index contributed by atoms with van der Waals surface area (Å²) in [6, 6.07) is 4.25. The maximum atomic E-state index is 12.2. The van der Waals surface area contributed by atoms with Crippen molar-refractivity contribution in [1.82, 2.24) is 4.90 Å². The van der Waals surface area contributed by atoms with Crippen molar-refractivity contribution in [2.24, 2.45) is 0 Å². The summed E-state index contributed by atoms with van der Waals surface area (Å²) in [6.07, 6.45) is 0. The minimum absolute atomic E-state index is 0.0494. The molecular weight excluding hydrogens is 246 g/mol. The molecule has 0 spiro atoms. The van der Waals surface area contributed by atoms with Gasteiger partial charge in [-0.05, 0) is 46.1 Å². The molecular formula is C14H23NO2S. The van der Waals surface area contributed by atoms with E-state index >= 15 is 0 Å². The van der Waals surface area contributed by atoms with Gasteiger partial charge in [0, 0.05) is 10.9 Å². The van der Waals surface area contributed by atoms with E-state index in [0.29, 0.717) is 6.54 Å². The largest absolute Gasteiger partial charge is 0.366 e. The third kappa shape index (κ3) is 5.19. The van der Waals surface area contributed by atoms with Crippen LogP contribution in [0.3, 0.4) is 0 Å². The van der Waals surface area contributed by atoms with Gasteiger partial charge in [-0.15, -0.1) is 11.3 Å². The highest BCUT2D eigenvalue weighted by molar-refractivity contribution is 7.09. The number of ether oxygens (including phenoxy) is 1. The highest BCUT2D eigenvalue weighted by Crippen LogP contribution is 2.15. The molecule has 18 heavy (non-hydrogen) atoms. The zero-order valence-electron chi connectivity index (χ0n) is 11.9. The van der Waals surface area contributed by atoms with Gasteiger partial charge in [0.05, 0.1) is 12.1 Å². The van der Waals surface area contributed by atoms with E-state index in [1.165, 1.54) is 4.88 Å². The normalized spacial score (nSPS) is 11.9. The molecule has 1 amide bonds. The minimum Gasteiger partial charge on any atom is -0.366 e. The number of rotatable bonds is 5. The number of carbonyl (C=O) groups is 1. The van der Waals surface area contributed by atoms with Gasteiger partial charge in [0.25, 0.3) is 0 Å². The molecule has 0 aromatic carbocycles. The monoisotopic (exact) mass is 269 g/mol. The Balaban J connectivity index is 2.59. The van der Waals surface area contributed by atoms with Crippen LogP contribution in [0.25, 0.3) is 0 Å². The Kier molecular flexibility index (Phi) is 5.35. The number of carbonyl (C=O) groups excluding carboxylic acids is 1. The molecule has 4 heteroatoms. The van der Waals surface area contributed by atoms with E-state index in [1.807, 2.05) is 51.0 Å². The number of amides is 1. The summed E-state index contributed by atoms with van der Waals surface area (Å²) in [6.45, 7) is 10.7. The minimum atomic E-state index is -0.277. The molecule has 1 aromatic rings. The van der Waals surface area contributed by atoms with Crippen LogP contribution in [0.5, 0.6) is 0 Å². The molecule has 0 saturated heterocycles. The van der Waals surface area contributed by atoms with Crippen molar-refractivity contribution in [1.29, 1.82) is 0 Å². The van der Waals surface area contributed by atoms with Crippen LogP contribution in [0.2, 0.25) is 0 Å². The van der Waals surface area contributed by atoms with Gasteiger partial charge in [-0.3, -0.25) is 4.79 Å². The van der Waals surface area contributed by atoms with Crippen molar-refractivity contribution in [3.8, 4) is 0 Å². The molecule has 1 heterocycles. The van der Waals surface area contributed by atoms with Crippen molar-refractivity contribution >= 4 is 17.2 Å². The van der Waals surface area contributed by atoms with Crippen LogP contribution in [0.4, 0.5) is 0 Å². The highest BCUT2D eigenvalue weighted by atomic mass is 32.1. The van der Waals surface area contributed by atoms with E-state index in [0.717, 1.165) is 0 Å². The second-order valence-corrected chi connectivity index (χ2v) is 6.63. The van der Waals surface area contributed by atoms with Gasteiger partial charge in [0.1, 0.15) is 6.61 Å². The maximum Gasteiger partial charge on any atom is 0.249 e. The predicted molar refractivity (Wildman–Crippen MR) is 75.7 cm³/mol. The number of hydrogen-bond donors (Lipinski definition) is 0. The molecule has 0 aliphatic carbocycles. The number of hydrogen-bond acceptors (Lipinski definition) is 3. The predicted octanol–water partition coefficient (Wildman–Crippen LogP) is 3.30. The smallest absolute Gasteiger partial charge is 0.249 e. The van der Waals surface area contributed by atoms with E-state index in [4.69, 9.17) is 4.74 Å². The summed E-state index contributed by atoms with van der Waals surface area (Å²) < 4.78 is 5.55. The zero-order valence-corrected chi connectivity index (χ0v) is 12.7. The van der Waals surface area contributed by atoms with E-state index in [1.54, 1.807) is 11.3 Å². The Morgan fingerprint density at radius 2 is 2.11 bits per heavy atom. The molecule has 0 saturated carbocycles. The second-order valence-electron chi connectivity index (χ2n) is 5.60. The van der Waals surface area contributed by atoms with Gasteiger partial charge in [0.15, 0.2) is 0 Å². The van der Waals surface area contributed by atoms with Crippen LogP contribution in [0, 0.1) is 0 Å². The molecule has 1 rings (SSSR count). The molecule has 0 radical (unpaired) electrons. The van der Waals surface area contributed by atoms with E-state index in [2.05, 4.69) is 6.07 Å². The molecule has 0 bridgehead atoms. The summed E-state index contributed by atoms with van der Waals surface area (Å²) in [5.74, 6) is 0.0494. The fraction of sp³-hybridized carbons (Fsp3) is 0.643. The lowest BCUT2D eigenvalue weighted by molar-refractivity contribution is -0.143. The quantitative estimate of drug-likeness (QED) is 0.821. The third-order valence-electron chi connectivity index (χ3n) is 2.48. The summed E-state index contributed by atoms with van der Waals surface area (Å²) in [4.78, 5) is 15.2. The van der Waals surface area contributed by atoms with Gasteiger partial charge < -0.3 is 9.64 Å². The van der Waals surface area contributed by atoms with Crippen molar-refractivity contribution in [2.75, 3.05) is 6.61 Å². The topological polar surface area (TPSA) is 29.5 Å². The molecule has 1 aromatic heterocycles. The van der Waals surface area contributed by atoms with Crippen LogP contribution in [-0.2, 0) is 16.1 Å². The molecule has 0 fully saturated rings. The highest BCUT2D eigenvalue weighted by Gasteiger charge is 2.20. The first-order valence-corrected chi connectivity index (χ1v) is 7.13. The first-order valence-electron chi connectivity index (χ1n) is 6.25. The Hall–Kier alpha value is -0.870. The van der Waals surface area contributed by atoms with Crippen LogP contribution < -0.4 is 0 Å². The Bertz CT molecular complexity index is 366. The third-order valence-corrected chi connectivity index (χ3v) is 3.34. The molecule has 102 valence electrons. The van der Waals surface area contributed by atoms with E-state index in [9.17, 15) is 4.79 Å². The van der Waals surface area contributed by atoms with Crippen LogP contribution >= 0.6 is 11.3 Å². The molecule has 0 N–H and O–H groups in total. The average Bonchev–Trinajstić information content (AvgIpc) is 2.73. The lowest BCUT2D eigenvalue weighted by Gasteiger charge is -2.28. The summed E-state index contributed by atoms with van der Waals surface area (Å²) in [5, 5.41) is 2.03. The first kappa shape index (κ1) is 15.2. The molecule has 0 aliphatic heterocycles. The molecule has 0 aliphatic rings. The van der Waals surface area contributed by atoms with Crippen molar-refractivity contribution in [3.63, 3.8) is 0 Å². The van der Waals surface area contributed by atoms with Crippen molar-refractivity contribution in [3.05, 3.63) is 22.4 Å². The van der Waals surface area contributed by atoms with Gasteiger partial charge in [-0.25, -0.2) is 0 Å². The zero-order chi connectivity index (χ0) is 13.8. The Morgan fingerprint density at radius 3 is 2.56 bits per heavy atom. The summed E-state index contributed by atoms with van der Waals surface area (Å²) in [7, 11) is 0. The van der Waals surface area contributed by atoms with E-state index < -0.39 is 0 Å². The fourth-order valence-corrected chi connectivity index (χ4v) is 2.19. The maximum absolute atomic E-state index is 12.2. The Labute approximate surface area is 114 Å².